The van der Waals surface area contributed by atoms with Crippen LogP contribution in [0.1, 0.15) is 49.1 Å². The monoisotopic (exact) mass is 418 g/mol. The van der Waals surface area contributed by atoms with Crippen LogP contribution in [0.2, 0.25) is 0 Å². The van der Waals surface area contributed by atoms with Crippen molar-refractivity contribution in [2.24, 2.45) is 0 Å². The Morgan fingerprint density at radius 3 is 2.65 bits per heavy atom. The zero-order valence-electron chi connectivity index (χ0n) is 17.9. The molecule has 1 aliphatic carbocycles. The molecule has 3 aromatic rings. The van der Waals surface area contributed by atoms with Crippen molar-refractivity contribution in [2.75, 3.05) is 31.5 Å². The van der Waals surface area contributed by atoms with Gasteiger partial charge in [-0.3, -0.25) is 10.2 Å². The summed E-state index contributed by atoms with van der Waals surface area (Å²) in [5.41, 5.74) is 3.57. The van der Waals surface area contributed by atoms with Crippen LogP contribution < -0.4 is 5.32 Å². The van der Waals surface area contributed by atoms with E-state index in [0.29, 0.717) is 24.5 Å². The van der Waals surface area contributed by atoms with Crippen LogP contribution in [-0.2, 0) is 6.54 Å². The van der Waals surface area contributed by atoms with E-state index in [-0.39, 0.29) is 6.03 Å². The van der Waals surface area contributed by atoms with Gasteiger partial charge < -0.3 is 9.42 Å². The lowest BCUT2D eigenvalue weighted by Crippen LogP contribution is -2.49. The van der Waals surface area contributed by atoms with E-state index in [1.807, 2.05) is 29.2 Å². The number of anilines is 1. The summed E-state index contributed by atoms with van der Waals surface area (Å²) in [7, 11) is 0. The van der Waals surface area contributed by atoms with Crippen LogP contribution in [0.25, 0.3) is 11.0 Å². The highest BCUT2D eigenvalue weighted by molar-refractivity contribution is 5.98. The summed E-state index contributed by atoms with van der Waals surface area (Å²) in [5, 5.41) is 7.74. The van der Waals surface area contributed by atoms with Crippen molar-refractivity contribution in [2.45, 2.75) is 44.6 Å². The van der Waals surface area contributed by atoms with E-state index in [1.54, 1.807) is 0 Å². The first-order chi connectivity index (χ1) is 15.3. The number of hydrogen-bond acceptors (Lipinski definition) is 4. The van der Waals surface area contributed by atoms with Crippen LogP contribution in [0.4, 0.5) is 10.6 Å². The van der Waals surface area contributed by atoms with Crippen molar-refractivity contribution in [1.82, 2.24) is 15.0 Å². The fraction of sp³-hybridized carbons (Fsp3) is 0.440. The molecule has 2 fully saturated rings. The summed E-state index contributed by atoms with van der Waals surface area (Å²) in [5.74, 6) is 1.23. The lowest BCUT2D eigenvalue weighted by molar-refractivity contribution is 0.143. The third-order valence-electron chi connectivity index (χ3n) is 6.70. The predicted molar refractivity (Wildman–Crippen MR) is 122 cm³/mol. The molecule has 6 nitrogen and oxygen atoms in total. The number of hydrogen-bond donors (Lipinski definition) is 1. The molecule has 6 heteroatoms. The molecular weight excluding hydrogens is 388 g/mol. The number of amides is 2. The van der Waals surface area contributed by atoms with E-state index in [4.69, 9.17) is 4.52 Å². The molecular formula is C25H30N4O2. The average molecular weight is 419 g/mol. The normalized spacial score (nSPS) is 18.4. The van der Waals surface area contributed by atoms with Crippen molar-refractivity contribution < 1.29 is 9.32 Å². The van der Waals surface area contributed by atoms with Gasteiger partial charge in [0, 0.05) is 32.7 Å². The van der Waals surface area contributed by atoms with Gasteiger partial charge in [-0.25, -0.2) is 4.79 Å². The molecule has 1 aliphatic heterocycles. The molecule has 0 radical (unpaired) electrons. The van der Waals surface area contributed by atoms with E-state index in [9.17, 15) is 4.79 Å². The molecule has 31 heavy (non-hydrogen) atoms. The minimum absolute atomic E-state index is 0.113. The molecule has 0 atom stereocenters. The van der Waals surface area contributed by atoms with Gasteiger partial charge in [-0.1, -0.05) is 60.8 Å². The molecule has 1 saturated heterocycles. The van der Waals surface area contributed by atoms with Crippen molar-refractivity contribution in [3.05, 3.63) is 59.7 Å². The van der Waals surface area contributed by atoms with Gasteiger partial charge in [-0.05, 0) is 42.0 Å². The Morgan fingerprint density at radius 1 is 1.00 bits per heavy atom. The van der Waals surface area contributed by atoms with Crippen LogP contribution in [0, 0.1) is 0 Å². The maximum atomic E-state index is 12.7. The highest BCUT2D eigenvalue weighted by atomic mass is 16.5. The van der Waals surface area contributed by atoms with Gasteiger partial charge in [0.2, 0.25) is 0 Å². The Bertz CT molecular complexity index is 1030. The van der Waals surface area contributed by atoms with Gasteiger partial charge in [0.25, 0.3) is 0 Å². The number of urea groups is 1. The molecule has 0 unspecified atom stereocenters. The molecule has 1 aromatic heterocycles. The van der Waals surface area contributed by atoms with E-state index in [0.717, 1.165) is 30.9 Å². The Kier molecular flexibility index (Phi) is 5.89. The second-order valence-electron chi connectivity index (χ2n) is 8.80. The fourth-order valence-electron chi connectivity index (χ4n) is 4.90. The maximum absolute atomic E-state index is 12.7. The maximum Gasteiger partial charge on any atom is 0.323 e. The van der Waals surface area contributed by atoms with Gasteiger partial charge in [-0.2, -0.15) is 0 Å². The number of carbonyl (C=O) groups is 1. The third kappa shape index (κ3) is 4.59. The topological polar surface area (TPSA) is 61.6 Å². The smallest absolute Gasteiger partial charge is 0.323 e. The summed E-state index contributed by atoms with van der Waals surface area (Å²) >= 11 is 0. The van der Waals surface area contributed by atoms with E-state index in [1.165, 1.54) is 43.2 Å². The van der Waals surface area contributed by atoms with Crippen LogP contribution in [0.5, 0.6) is 0 Å². The number of carbonyl (C=O) groups excluding carboxylic acids is 1. The highest BCUT2D eigenvalue weighted by Crippen LogP contribution is 2.33. The van der Waals surface area contributed by atoms with Crippen LogP contribution in [0.15, 0.2) is 53.1 Å². The number of aromatic nitrogens is 1. The summed E-state index contributed by atoms with van der Waals surface area (Å²) in [4.78, 5) is 17.0. The summed E-state index contributed by atoms with van der Waals surface area (Å²) in [6.45, 7) is 4.12. The molecule has 1 saturated carbocycles. The largest absolute Gasteiger partial charge is 0.354 e. The molecule has 2 aromatic carbocycles. The first kappa shape index (κ1) is 20.1. The minimum atomic E-state index is -0.113. The van der Waals surface area contributed by atoms with Crippen LogP contribution in [0.3, 0.4) is 0 Å². The number of rotatable bonds is 4. The SMILES string of the molecule is O=C(Nc1noc2ccccc12)N1CCN(Cc2cccc(C3CCCCC3)c2)CC1. The molecule has 2 heterocycles. The zero-order valence-corrected chi connectivity index (χ0v) is 17.9. The van der Waals surface area contributed by atoms with Crippen molar-refractivity contribution >= 4 is 22.8 Å². The van der Waals surface area contributed by atoms with Gasteiger partial charge in [0.05, 0.1) is 5.39 Å². The van der Waals surface area contributed by atoms with Crippen molar-refractivity contribution in [3.63, 3.8) is 0 Å². The summed E-state index contributed by atoms with van der Waals surface area (Å²) in [6.07, 6.45) is 6.78. The third-order valence-corrected chi connectivity index (χ3v) is 6.70. The number of piperazine rings is 1. The second kappa shape index (κ2) is 9.10. The summed E-state index contributed by atoms with van der Waals surface area (Å²) < 4.78 is 5.28. The standard InChI is InChI=1S/C25H30N4O2/c30-25(26-24-22-11-4-5-12-23(22)31-27-24)29-15-13-28(14-16-29)18-19-7-6-10-21(17-19)20-8-2-1-3-9-20/h4-7,10-12,17,20H,1-3,8-9,13-16,18H2,(H,26,27,30). The van der Waals surface area contributed by atoms with E-state index >= 15 is 0 Å². The molecule has 0 bridgehead atoms. The molecule has 5 rings (SSSR count). The first-order valence-electron chi connectivity index (χ1n) is 11.5. The molecule has 0 spiro atoms. The zero-order chi connectivity index (χ0) is 21.0. The van der Waals surface area contributed by atoms with Crippen molar-refractivity contribution in [1.29, 1.82) is 0 Å². The number of para-hydroxylation sites is 1. The minimum Gasteiger partial charge on any atom is -0.354 e. The van der Waals surface area contributed by atoms with E-state index in [2.05, 4.69) is 39.6 Å². The van der Waals surface area contributed by atoms with Crippen molar-refractivity contribution in [3.8, 4) is 0 Å². The predicted octanol–water partition coefficient (Wildman–Crippen LogP) is 5.23. The number of benzene rings is 2. The van der Waals surface area contributed by atoms with Crippen LogP contribution in [-0.4, -0.2) is 47.2 Å². The molecule has 162 valence electrons. The Labute approximate surface area is 183 Å². The van der Waals surface area contributed by atoms with E-state index < -0.39 is 0 Å². The number of nitrogens with one attached hydrogen (secondary N) is 1. The van der Waals surface area contributed by atoms with Crippen LogP contribution >= 0.6 is 0 Å². The lowest BCUT2D eigenvalue weighted by Gasteiger charge is -2.34. The Morgan fingerprint density at radius 2 is 1.81 bits per heavy atom. The lowest BCUT2D eigenvalue weighted by atomic mass is 9.83. The average Bonchev–Trinajstić information content (AvgIpc) is 3.23. The van der Waals surface area contributed by atoms with Gasteiger partial charge in [0.15, 0.2) is 11.4 Å². The fourth-order valence-corrected chi connectivity index (χ4v) is 4.90. The van der Waals surface area contributed by atoms with Gasteiger partial charge in [0.1, 0.15) is 0 Å². The van der Waals surface area contributed by atoms with Gasteiger partial charge >= 0.3 is 6.03 Å². The highest BCUT2D eigenvalue weighted by Gasteiger charge is 2.23. The summed E-state index contributed by atoms with van der Waals surface area (Å²) in [6, 6.07) is 16.6. The Hall–Kier alpha value is -2.86. The molecule has 2 amide bonds. The first-order valence-corrected chi connectivity index (χ1v) is 11.5. The number of fused-ring (bicyclic) bond motifs is 1. The number of nitrogens with zero attached hydrogens (tertiary/aromatic N) is 3. The quantitative estimate of drug-likeness (QED) is 0.631. The molecule has 1 N–H and O–H groups in total. The Balaban J connectivity index is 1.15. The molecule has 2 aliphatic rings. The van der Waals surface area contributed by atoms with Gasteiger partial charge in [-0.15, -0.1) is 0 Å². The second-order valence-corrected chi connectivity index (χ2v) is 8.80.